The number of nitrogens with zero attached hydrogens (tertiary/aromatic N) is 1. The van der Waals surface area contributed by atoms with Crippen molar-refractivity contribution in [3.05, 3.63) is 0 Å². The van der Waals surface area contributed by atoms with Gasteiger partial charge in [0.15, 0.2) is 0 Å². The Balaban J connectivity index is 2.33. The second-order valence-corrected chi connectivity index (χ2v) is 5.31. The van der Waals surface area contributed by atoms with Crippen LogP contribution >= 0.6 is 0 Å². The molecule has 0 saturated carbocycles. The first-order valence-corrected chi connectivity index (χ1v) is 5.55. The molecule has 1 heterocycles. The second-order valence-electron chi connectivity index (χ2n) is 5.31. The van der Waals surface area contributed by atoms with Crippen LogP contribution in [0.2, 0.25) is 0 Å². The molecule has 1 saturated heterocycles. The van der Waals surface area contributed by atoms with Crippen LogP contribution in [0.25, 0.3) is 0 Å². The minimum atomic E-state index is 0.414. The summed E-state index contributed by atoms with van der Waals surface area (Å²) in [6.45, 7) is 11.4. The van der Waals surface area contributed by atoms with E-state index in [0.29, 0.717) is 18.0 Å². The van der Waals surface area contributed by atoms with Gasteiger partial charge in [-0.3, -0.25) is 4.90 Å². The van der Waals surface area contributed by atoms with Gasteiger partial charge in [0.05, 0.1) is 13.2 Å². The molecule has 2 N–H and O–H groups in total. The molecular weight excluding hydrogens is 176 g/mol. The number of nitrogens with two attached hydrogens (primary N) is 1. The van der Waals surface area contributed by atoms with Gasteiger partial charge in [-0.05, 0) is 18.4 Å². The standard InChI is InChI=1S/C11H24N2O/c1-11(2,3)4-5-13-6-7-14-9-10(13)8-12/h10H,4-9,12H2,1-3H3. The SMILES string of the molecule is CC(C)(C)CCN1CCOCC1CN. The number of rotatable bonds is 3. The maximum atomic E-state index is 5.71. The van der Waals surface area contributed by atoms with E-state index in [1.165, 1.54) is 6.42 Å². The molecule has 1 aliphatic heterocycles. The number of ether oxygens (including phenoxy) is 1. The second kappa shape index (κ2) is 5.10. The van der Waals surface area contributed by atoms with Gasteiger partial charge in [0.1, 0.15) is 0 Å². The molecular formula is C11H24N2O. The van der Waals surface area contributed by atoms with Crippen LogP contribution in [0.5, 0.6) is 0 Å². The lowest BCUT2D eigenvalue weighted by atomic mass is 9.92. The fourth-order valence-corrected chi connectivity index (χ4v) is 1.68. The molecule has 0 spiro atoms. The van der Waals surface area contributed by atoms with Crippen molar-refractivity contribution >= 4 is 0 Å². The van der Waals surface area contributed by atoms with Crippen molar-refractivity contribution in [2.24, 2.45) is 11.1 Å². The zero-order valence-electron chi connectivity index (χ0n) is 9.75. The summed E-state index contributed by atoms with van der Waals surface area (Å²) in [7, 11) is 0. The average Bonchev–Trinajstić information content (AvgIpc) is 2.14. The molecule has 14 heavy (non-hydrogen) atoms. The molecule has 0 amide bonds. The first-order valence-electron chi connectivity index (χ1n) is 5.55. The van der Waals surface area contributed by atoms with Crippen molar-refractivity contribution in [1.82, 2.24) is 4.90 Å². The Hall–Kier alpha value is -0.120. The summed E-state index contributed by atoms with van der Waals surface area (Å²) in [5.41, 5.74) is 6.13. The molecule has 0 aromatic carbocycles. The van der Waals surface area contributed by atoms with Gasteiger partial charge in [-0.1, -0.05) is 20.8 Å². The molecule has 0 radical (unpaired) electrons. The monoisotopic (exact) mass is 200 g/mol. The quantitative estimate of drug-likeness (QED) is 0.741. The van der Waals surface area contributed by atoms with Crippen molar-refractivity contribution in [1.29, 1.82) is 0 Å². The smallest absolute Gasteiger partial charge is 0.0634 e. The summed E-state index contributed by atoms with van der Waals surface area (Å²) in [5.74, 6) is 0. The summed E-state index contributed by atoms with van der Waals surface area (Å²) in [6, 6.07) is 0.436. The fourth-order valence-electron chi connectivity index (χ4n) is 1.68. The van der Waals surface area contributed by atoms with Crippen LogP contribution in [0.3, 0.4) is 0 Å². The highest BCUT2D eigenvalue weighted by Crippen LogP contribution is 2.20. The maximum absolute atomic E-state index is 5.71. The minimum Gasteiger partial charge on any atom is -0.378 e. The molecule has 1 aliphatic rings. The van der Waals surface area contributed by atoms with Crippen LogP contribution in [-0.4, -0.2) is 43.8 Å². The molecule has 1 fully saturated rings. The van der Waals surface area contributed by atoms with Crippen LogP contribution < -0.4 is 5.73 Å². The molecule has 1 rings (SSSR count). The predicted octanol–water partition coefficient (Wildman–Crippen LogP) is 1.08. The minimum absolute atomic E-state index is 0.414. The Morgan fingerprint density at radius 2 is 2.14 bits per heavy atom. The third-order valence-electron chi connectivity index (χ3n) is 2.77. The Kier molecular flexibility index (Phi) is 4.35. The normalized spacial score (nSPS) is 25.3. The van der Waals surface area contributed by atoms with Crippen LogP contribution in [0.4, 0.5) is 0 Å². The summed E-state index contributed by atoms with van der Waals surface area (Å²) in [4.78, 5) is 2.47. The van der Waals surface area contributed by atoms with Crippen molar-refractivity contribution in [3.8, 4) is 0 Å². The van der Waals surface area contributed by atoms with E-state index in [4.69, 9.17) is 10.5 Å². The Labute approximate surface area is 87.6 Å². The number of morpholine rings is 1. The Morgan fingerprint density at radius 3 is 2.71 bits per heavy atom. The zero-order chi connectivity index (χ0) is 10.6. The predicted molar refractivity (Wildman–Crippen MR) is 59.3 cm³/mol. The lowest BCUT2D eigenvalue weighted by molar-refractivity contribution is -0.00779. The van der Waals surface area contributed by atoms with E-state index in [-0.39, 0.29) is 0 Å². The van der Waals surface area contributed by atoms with Crippen LogP contribution in [0.15, 0.2) is 0 Å². The molecule has 0 aromatic rings. The van der Waals surface area contributed by atoms with Crippen molar-refractivity contribution in [2.75, 3.05) is 32.8 Å². The van der Waals surface area contributed by atoms with E-state index >= 15 is 0 Å². The highest BCUT2D eigenvalue weighted by atomic mass is 16.5. The molecule has 1 unspecified atom stereocenters. The average molecular weight is 200 g/mol. The third-order valence-corrected chi connectivity index (χ3v) is 2.77. The van der Waals surface area contributed by atoms with Gasteiger partial charge in [0.25, 0.3) is 0 Å². The fraction of sp³-hybridized carbons (Fsp3) is 1.00. The summed E-state index contributed by atoms with van der Waals surface area (Å²) in [6.07, 6.45) is 1.23. The lowest BCUT2D eigenvalue weighted by Crippen LogP contribution is -2.50. The van der Waals surface area contributed by atoms with Crippen molar-refractivity contribution in [3.63, 3.8) is 0 Å². The van der Waals surface area contributed by atoms with Gasteiger partial charge in [-0.15, -0.1) is 0 Å². The molecule has 0 bridgehead atoms. The molecule has 84 valence electrons. The molecule has 0 aromatic heterocycles. The first-order chi connectivity index (χ1) is 6.53. The summed E-state index contributed by atoms with van der Waals surface area (Å²) >= 11 is 0. The molecule has 0 aliphatic carbocycles. The summed E-state index contributed by atoms with van der Waals surface area (Å²) in [5, 5.41) is 0. The Bertz CT molecular complexity index is 165. The highest BCUT2D eigenvalue weighted by molar-refractivity contribution is 4.77. The van der Waals surface area contributed by atoms with Crippen LogP contribution in [-0.2, 0) is 4.74 Å². The van der Waals surface area contributed by atoms with E-state index in [0.717, 1.165) is 26.3 Å². The van der Waals surface area contributed by atoms with Gasteiger partial charge in [-0.2, -0.15) is 0 Å². The summed E-state index contributed by atoms with van der Waals surface area (Å²) < 4.78 is 5.41. The van der Waals surface area contributed by atoms with Gasteiger partial charge in [0.2, 0.25) is 0 Å². The van der Waals surface area contributed by atoms with E-state index < -0.39 is 0 Å². The van der Waals surface area contributed by atoms with E-state index in [1.807, 2.05) is 0 Å². The van der Waals surface area contributed by atoms with E-state index in [9.17, 15) is 0 Å². The van der Waals surface area contributed by atoms with Crippen LogP contribution in [0, 0.1) is 5.41 Å². The first kappa shape index (κ1) is 12.0. The van der Waals surface area contributed by atoms with Crippen molar-refractivity contribution < 1.29 is 4.74 Å². The molecule has 3 nitrogen and oxygen atoms in total. The third kappa shape index (κ3) is 3.95. The number of hydrogen-bond acceptors (Lipinski definition) is 3. The maximum Gasteiger partial charge on any atom is 0.0634 e. The van der Waals surface area contributed by atoms with E-state index in [1.54, 1.807) is 0 Å². The van der Waals surface area contributed by atoms with E-state index in [2.05, 4.69) is 25.7 Å². The van der Waals surface area contributed by atoms with Gasteiger partial charge in [0, 0.05) is 19.1 Å². The molecule has 3 heteroatoms. The van der Waals surface area contributed by atoms with Crippen LogP contribution in [0.1, 0.15) is 27.2 Å². The number of hydrogen-bond donors (Lipinski definition) is 1. The Morgan fingerprint density at radius 1 is 1.43 bits per heavy atom. The zero-order valence-corrected chi connectivity index (χ0v) is 9.75. The highest BCUT2D eigenvalue weighted by Gasteiger charge is 2.22. The molecule has 1 atom stereocenters. The van der Waals surface area contributed by atoms with Gasteiger partial charge in [-0.25, -0.2) is 0 Å². The topological polar surface area (TPSA) is 38.5 Å². The largest absolute Gasteiger partial charge is 0.378 e. The van der Waals surface area contributed by atoms with Gasteiger partial charge < -0.3 is 10.5 Å². The van der Waals surface area contributed by atoms with Gasteiger partial charge >= 0.3 is 0 Å². The lowest BCUT2D eigenvalue weighted by Gasteiger charge is -2.36. The van der Waals surface area contributed by atoms with Crippen molar-refractivity contribution in [2.45, 2.75) is 33.2 Å².